The van der Waals surface area contributed by atoms with Crippen molar-refractivity contribution in [1.82, 2.24) is 0 Å². The molecular formula is C22H16O2Se. The molecule has 0 aliphatic carbocycles. The third kappa shape index (κ3) is 3.17. The predicted molar refractivity (Wildman–Crippen MR) is 104 cm³/mol. The molecule has 0 spiro atoms. The number of benzene rings is 3. The molecule has 4 aromatic rings. The van der Waals surface area contributed by atoms with Crippen LogP contribution in [-0.4, -0.2) is 15.0 Å². The van der Waals surface area contributed by atoms with E-state index in [9.17, 15) is 4.79 Å². The molecule has 0 N–H and O–H groups in total. The van der Waals surface area contributed by atoms with Crippen LogP contribution >= 0.6 is 0 Å². The Kier molecular flexibility index (Phi) is 4.27. The summed E-state index contributed by atoms with van der Waals surface area (Å²) >= 11 is -0.120. The zero-order chi connectivity index (χ0) is 17.2. The molecular weight excluding hydrogens is 375 g/mol. The Morgan fingerprint density at radius 3 is 2.40 bits per heavy atom. The van der Waals surface area contributed by atoms with E-state index in [1.807, 2.05) is 67.6 Å². The predicted octanol–water partition coefficient (Wildman–Crippen LogP) is 3.42. The van der Waals surface area contributed by atoms with Gasteiger partial charge in [-0.25, -0.2) is 0 Å². The number of aryl methyl sites for hydroxylation is 1. The van der Waals surface area contributed by atoms with Gasteiger partial charge in [0, 0.05) is 0 Å². The van der Waals surface area contributed by atoms with Gasteiger partial charge in [0.15, 0.2) is 0 Å². The molecule has 25 heavy (non-hydrogen) atoms. The molecule has 0 radical (unpaired) electrons. The second-order valence-electron chi connectivity index (χ2n) is 5.87. The molecule has 0 atom stereocenters. The van der Waals surface area contributed by atoms with E-state index in [1.165, 1.54) is 0 Å². The van der Waals surface area contributed by atoms with Gasteiger partial charge in [-0.1, -0.05) is 0 Å². The van der Waals surface area contributed by atoms with Crippen molar-refractivity contribution in [2.45, 2.75) is 6.92 Å². The maximum atomic E-state index is 13.2. The first-order chi connectivity index (χ1) is 12.2. The zero-order valence-corrected chi connectivity index (χ0v) is 15.4. The quantitative estimate of drug-likeness (QED) is 0.501. The summed E-state index contributed by atoms with van der Waals surface area (Å²) in [5.41, 5.74) is 2.81. The van der Waals surface area contributed by atoms with Crippen molar-refractivity contribution >= 4 is 34.8 Å². The average Bonchev–Trinajstić information content (AvgIpc) is 2.65. The molecule has 1 heterocycles. The van der Waals surface area contributed by atoms with Crippen molar-refractivity contribution < 1.29 is 4.42 Å². The Labute approximate surface area is 152 Å². The fourth-order valence-electron chi connectivity index (χ4n) is 2.80. The van der Waals surface area contributed by atoms with Crippen LogP contribution in [0.4, 0.5) is 0 Å². The van der Waals surface area contributed by atoms with Gasteiger partial charge in [-0.3, -0.25) is 0 Å². The molecule has 0 aliphatic rings. The molecule has 0 saturated carbocycles. The monoisotopic (exact) mass is 392 g/mol. The van der Waals surface area contributed by atoms with Crippen LogP contribution < -0.4 is 14.4 Å². The molecule has 2 nitrogen and oxygen atoms in total. The summed E-state index contributed by atoms with van der Waals surface area (Å²) in [5.74, 6) is 0.691. The van der Waals surface area contributed by atoms with E-state index in [1.54, 1.807) is 0 Å². The molecule has 0 fully saturated rings. The summed E-state index contributed by atoms with van der Waals surface area (Å²) in [6.07, 6.45) is 0. The van der Waals surface area contributed by atoms with E-state index < -0.39 is 0 Å². The molecule has 3 heteroatoms. The molecule has 0 bridgehead atoms. The molecule has 0 amide bonds. The SMILES string of the molecule is Cc1cccc(-c2oc3ccccc3c(=O)c2[Se]c2ccccc2)c1. The van der Waals surface area contributed by atoms with Crippen LogP contribution in [0.5, 0.6) is 0 Å². The van der Waals surface area contributed by atoms with Gasteiger partial charge in [-0.05, 0) is 0 Å². The van der Waals surface area contributed by atoms with Gasteiger partial charge in [-0.2, -0.15) is 0 Å². The number of rotatable bonds is 3. The van der Waals surface area contributed by atoms with Crippen molar-refractivity contribution in [3.05, 3.63) is 94.6 Å². The number of hydrogen-bond donors (Lipinski definition) is 0. The molecule has 1 aromatic heterocycles. The standard InChI is InChI=1S/C22H16O2Se/c1-15-8-7-9-16(14-15)21-22(25-17-10-3-2-4-11-17)20(23)18-12-5-6-13-19(18)24-21/h2-14H,1H3. The Morgan fingerprint density at radius 2 is 1.60 bits per heavy atom. The zero-order valence-electron chi connectivity index (χ0n) is 13.7. The summed E-state index contributed by atoms with van der Waals surface area (Å²) in [6.45, 7) is 2.05. The minimum absolute atomic E-state index is 0.0715. The Hall–Kier alpha value is -2.61. The van der Waals surface area contributed by atoms with Gasteiger partial charge in [-0.15, -0.1) is 0 Å². The van der Waals surface area contributed by atoms with Crippen molar-refractivity contribution in [1.29, 1.82) is 0 Å². The molecule has 122 valence electrons. The van der Waals surface area contributed by atoms with E-state index in [-0.39, 0.29) is 20.4 Å². The number of fused-ring (bicyclic) bond motifs is 1. The van der Waals surface area contributed by atoms with E-state index in [0.717, 1.165) is 20.1 Å². The van der Waals surface area contributed by atoms with Crippen LogP contribution in [-0.2, 0) is 0 Å². The molecule has 3 aromatic carbocycles. The van der Waals surface area contributed by atoms with Gasteiger partial charge in [0.2, 0.25) is 0 Å². The van der Waals surface area contributed by atoms with Crippen LogP contribution in [0.15, 0.2) is 88.1 Å². The third-order valence-corrected chi connectivity index (χ3v) is 6.27. The topological polar surface area (TPSA) is 30.2 Å². The number of para-hydroxylation sites is 1. The summed E-state index contributed by atoms with van der Waals surface area (Å²) in [7, 11) is 0. The fourth-order valence-corrected chi connectivity index (χ4v) is 4.86. The van der Waals surface area contributed by atoms with Gasteiger partial charge in [0.05, 0.1) is 0 Å². The Balaban J connectivity index is 1.99. The first-order valence-corrected chi connectivity index (χ1v) is 9.79. The summed E-state index contributed by atoms with van der Waals surface area (Å²) in [5, 5.41) is 0.645. The maximum absolute atomic E-state index is 13.2. The normalized spacial score (nSPS) is 10.9. The molecule has 4 rings (SSSR count). The third-order valence-electron chi connectivity index (χ3n) is 4.00. The van der Waals surface area contributed by atoms with Crippen molar-refractivity contribution in [2.24, 2.45) is 0 Å². The molecule has 0 unspecified atom stereocenters. The fraction of sp³-hybridized carbons (Fsp3) is 0.0455. The molecule has 0 saturated heterocycles. The van der Waals surface area contributed by atoms with E-state index in [4.69, 9.17) is 4.42 Å². The molecule has 0 aliphatic heterocycles. The van der Waals surface area contributed by atoms with E-state index >= 15 is 0 Å². The van der Waals surface area contributed by atoms with Crippen molar-refractivity contribution in [3.63, 3.8) is 0 Å². The minimum atomic E-state index is -0.120. The first kappa shape index (κ1) is 15.9. The second kappa shape index (κ2) is 6.72. The Bertz CT molecular complexity index is 1100. The van der Waals surface area contributed by atoms with Crippen molar-refractivity contribution in [3.8, 4) is 11.3 Å². The van der Waals surface area contributed by atoms with Crippen LogP contribution in [0, 0.1) is 6.92 Å². The average molecular weight is 391 g/mol. The summed E-state index contributed by atoms with van der Waals surface area (Å²) in [6, 6.07) is 25.7. The summed E-state index contributed by atoms with van der Waals surface area (Å²) < 4.78 is 8.13. The van der Waals surface area contributed by atoms with Crippen LogP contribution in [0.1, 0.15) is 5.56 Å². The van der Waals surface area contributed by atoms with Crippen LogP contribution in [0.25, 0.3) is 22.3 Å². The van der Waals surface area contributed by atoms with Gasteiger partial charge >= 0.3 is 152 Å². The van der Waals surface area contributed by atoms with Gasteiger partial charge in [0.25, 0.3) is 0 Å². The van der Waals surface area contributed by atoms with Crippen LogP contribution in [0.3, 0.4) is 0 Å². The van der Waals surface area contributed by atoms with Crippen molar-refractivity contribution in [2.75, 3.05) is 0 Å². The van der Waals surface area contributed by atoms with Gasteiger partial charge in [0.1, 0.15) is 0 Å². The van der Waals surface area contributed by atoms with E-state index in [2.05, 4.69) is 18.2 Å². The van der Waals surface area contributed by atoms with Gasteiger partial charge < -0.3 is 0 Å². The second-order valence-corrected chi connectivity index (χ2v) is 8.14. The number of hydrogen-bond acceptors (Lipinski definition) is 2. The summed E-state index contributed by atoms with van der Waals surface area (Å²) in [4.78, 5) is 13.2. The Morgan fingerprint density at radius 1 is 0.840 bits per heavy atom. The first-order valence-electron chi connectivity index (χ1n) is 8.08. The van der Waals surface area contributed by atoms with E-state index in [0.29, 0.717) is 16.7 Å². The van der Waals surface area contributed by atoms with Crippen LogP contribution in [0.2, 0.25) is 0 Å².